The maximum absolute atomic E-state index is 12.8. The minimum absolute atomic E-state index is 0.0275. The first-order valence-electron chi connectivity index (χ1n) is 9.57. The van der Waals surface area contributed by atoms with E-state index in [1.807, 2.05) is 32.0 Å². The van der Waals surface area contributed by atoms with Gasteiger partial charge in [-0.25, -0.2) is 8.42 Å². The van der Waals surface area contributed by atoms with E-state index < -0.39 is 10.0 Å². The highest BCUT2D eigenvalue weighted by molar-refractivity contribution is 7.89. The Bertz CT molecular complexity index is 1000. The number of sulfonamides is 1. The molecule has 1 fully saturated rings. The van der Waals surface area contributed by atoms with Gasteiger partial charge in [-0.15, -0.1) is 0 Å². The van der Waals surface area contributed by atoms with E-state index in [1.165, 1.54) is 22.5 Å². The lowest BCUT2D eigenvalue weighted by Gasteiger charge is -2.17. The number of hydrogen-bond donors (Lipinski definition) is 1. The van der Waals surface area contributed by atoms with Gasteiger partial charge in [0.15, 0.2) is 0 Å². The van der Waals surface area contributed by atoms with Gasteiger partial charge in [0.25, 0.3) is 5.91 Å². The second-order valence-corrected chi connectivity index (χ2v) is 9.37. The molecule has 0 unspecified atom stereocenters. The number of ether oxygens (including phenoxy) is 1. The highest BCUT2D eigenvalue weighted by atomic mass is 35.5. The summed E-state index contributed by atoms with van der Waals surface area (Å²) >= 11 is 6.13. The summed E-state index contributed by atoms with van der Waals surface area (Å²) < 4.78 is 32.7. The monoisotopic (exact) mass is 436 g/mol. The van der Waals surface area contributed by atoms with Gasteiger partial charge in [0.1, 0.15) is 17.3 Å². The molecular weight excluding hydrogens is 412 g/mol. The van der Waals surface area contributed by atoms with Crippen molar-refractivity contribution >= 4 is 27.5 Å². The van der Waals surface area contributed by atoms with Crippen molar-refractivity contribution in [1.29, 1.82) is 0 Å². The number of nitrogens with one attached hydrogen (secondary N) is 1. The van der Waals surface area contributed by atoms with Gasteiger partial charge in [0, 0.05) is 18.7 Å². The van der Waals surface area contributed by atoms with Gasteiger partial charge < -0.3 is 10.1 Å². The normalized spacial score (nSPS) is 14.7. The van der Waals surface area contributed by atoms with Crippen molar-refractivity contribution in [2.75, 3.05) is 26.2 Å². The van der Waals surface area contributed by atoms with E-state index in [1.54, 1.807) is 0 Å². The summed E-state index contributed by atoms with van der Waals surface area (Å²) in [6, 6.07) is 10.1. The Morgan fingerprint density at radius 3 is 2.62 bits per heavy atom. The van der Waals surface area contributed by atoms with Gasteiger partial charge >= 0.3 is 0 Å². The number of aryl methyl sites for hydroxylation is 1. The zero-order valence-corrected chi connectivity index (χ0v) is 18.1. The predicted octanol–water partition coefficient (Wildman–Crippen LogP) is 3.55. The highest BCUT2D eigenvalue weighted by Crippen LogP contribution is 2.28. The van der Waals surface area contributed by atoms with E-state index in [-0.39, 0.29) is 21.4 Å². The third-order valence-electron chi connectivity index (χ3n) is 5.08. The van der Waals surface area contributed by atoms with Crippen LogP contribution < -0.4 is 10.1 Å². The van der Waals surface area contributed by atoms with Crippen LogP contribution in [0.4, 0.5) is 0 Å². The Hall–Kier alpha value is -2.09. The van der Waals surface area contributed by atoms with Crippen LogP contribution in [0.2, 0.25) is 5.02 Å². The van der Waals surface area contributed by atoms with Gasteiger partial charge in [-0.2, -0.15) is 4.31 Å². The number of amides is 1. The van der Waals surface area contributed by atoms with E-state index in [0.29, 0.717) is 26.2 Å². The van der Waals surface area contributed by atoms with Crippen LogP contribution in [-0.2, 0) is 10.0 Å². The maximum Gasteiger partial charge on any atom is 0.251 e. The highest BCUT2D eigenvalue weighted by Gasteiger charge is 2.29. The van der Waals surface area contributed by atoms with Gasteiger partial charge in [-0.05, 0) is 62.1 Å². The van der Waals surface area contributed by atoms with Gasteiger partial charge in [-0.3, -0.25) is 4.79 Å². The fraction of sp³-hybridized carbons (Fsp3) is 0.381. The second-order valence-electron chi connectivity index (χ2n) is 7.06. The predicted molar refractivity (Wildman–Crippen MR) is 113 cm³/mol. The lowest BCUT2D eigenvalue weighted by molar-refractivity contribution is 0.0946. The van der Waals surface area contributed by atoms with Crippen molar-refractivity contribution < 1.29 is 17.9 Å². The molecule has 0 radical (unpaired) electrons. The zero-order valence-electron chi connectivity index (χ0n) is 16.6. The molecule has 156 valence electrons. The number of carbonyl (C=O) groups is 1. The molecule has 0 aromatic heterocycles. The summed E-state index contributed by atoms with van der Waals surface area (Å²) in [6.45, 7) is 5.55. The van der Waals surface area contributed by atoms with Gasteiger partial charge in [0.05, 0.1) is 11.6 Å². The molecule has 0 atom stereocenters. The van der Waals surface area contributed by atoms with Crippen LogP contribution >= 0.6 is 11.6 Å². The molecule has 29 heavy (non-hydrogen) atoms. The van der Waals surface area contributed by atoms with E-state index in [9.17, 15) is 13.2 Å². The molecule has 1 heterocycles. The third kappa shape index (κ3) is 4.91. The molecule has 1 aliphatic rings. The molecule has 2 aromatic rings. The van der Waals surface area contributed by atoms with Gasteiger partial charge in [-0.1, -0.05) is 23.7 Å². The summed E-state index contributed by atoms with van der Waals surface area (Å²) in [6.07, 6.45) is 1.66. The molecule has 8 heteroatoms. The topological polar surface area (TPSA) is 75.7 Å². The van der Waals surface area contributed by atoms with E-state index >= 15 is 0 Å². The zero-order chi connectivity index (χ0) is 21.0. The molecule has 1 amide bonds. The lowest BCUT2D eigenvalue weighted by Crippen LogP contribution is -2.30. The van der Waals surface area contributed by atoms with Crippen LogP contribution in [-0.4, -0.2) is 44.9 Å². The smallest absolute Gasteiger partial charge is 0.251 e. The van der Waals surface area contributed by atoms with Crippen molar-refractivity contribution in [2.24, 2.45) is 0 Å². The Morgan fingerprint density at radius 2 is 1.90 bits per heavy atom. The van der Waals surface area contributed by atoms with Crippen LogP contribution in [0.5, 0.6) is 5.75 Å². The van der Waals surface area contributed by atoms with Crippen LogP contribution in [0, 0.1) is 13.8 Å². The number of benzene rings is 2. The molecule has 1 N–H and O–H groups in total. The lowest BCUT2D eigenvalue weighted by atomic mass is 10.1. The number of rotatable bonds is 7. The Morgan fingerprint density at radius 1 is 1.17 bits per heavy atom. The Labute approximate surface area is 176 Å². The first-order chi connectivity index (χ1) is 13.8. The maximum atomic E-state index is 12.8. The fourth-order valence-corrected chi connectivity index (χ4v) is 5.24. The molecule has 0 saturated carbocycles. The molecule has 1 saturated heterocycles. The SMILES string of the molecule is Cc1cccc(OCCNC(=O)c2ccc(Cl)c(S(=O)(=O)N3CCCC3)c2)c1C. The summed E-state index contributed by atoms with van der Waals surface area (Å²) in [5.41, 5.74) is 2.45. The van der Waals surface area contributed by atoms with Crippen LogP contribution in [0.1, 0.15) is 34.3 Å². The largest absolute Gasteiger partial charge is 0.491 e. The van der Waals surface area contributed by atoms with Gasteiger partial charge in [0.2, 0.25) is 10.0 Å². The average Bonchev–Trinajstić information content (AvgIpc) is 3.24. The second kappa shape index (κ2) is 9.15. The van der Waals surface area contributed by atoms with E-state index in [2.05, 4.69) is 5.32 Å². The fourth-order valence-electron chi connectivity index (χ4n) is 3.22. The molecule has 0 aliphatic carbocycles. The number of carbonyl (C=O) groups excluding carboxylic acids is 1. The number of hydrogen-bond acceptors (Lipinski definition) is 4. The minimum Gasteiger partial charge on any atom is -0.491 e. The van der Waals surface area contributed by atoms with Crippen molar-refractivity contribution in [1.82, 2.24) is 9.62 Å². The average molecular weight is 437 g/mol. The first kappa shape index (κ1) is 21.6. The summed E-state index contributed by atoms with van der Waals surface area (Å²) in [7, 11) is -3.70. The van der Waals surface area contributed by atoms with E-state index in [4.69, 9.17) is 16.3 Å². The first-order valence-corrected chi connectivity index (χ1v) is 11.4. The van der Waals surface area contributed by atoms with Crippen LogP contribution in [0.3, 0.4) is 0 Å². The summed E-state index contributed by atoms with van der Waals surface area (Å²) in [4.78, 5) is 12.4. The molecule has 0 spiro atoms. The third-order valence-corrected chi connectivity index (χ3v) is 7.46. The van der Waals surface area contributed by atoms with Crippen molar-refractivity contribution in [3.05, 3.63) is 58.1 Å². The summed E-state index contributed by atoms with van der Waals surface area (Å²) in [5, 5.41) is 2.87. The quantitative estimate of drug-likeness (QED) is 0.673. The molecule has 2 aromatic carbocycles. The van der Waals surface area contributed by atoms with Crippen molar-refractivity contribution in [3.63, 3.8) is 0 Å². The summed E-state index contributed by atoms with van der Waals surface area (Å²) in [5.74, 6) is 0.411. The van der Waals surface area contributed by atoms with Crippen LogP contribution in [0.15, 0.2) is 41.3 Å². The standard InChI is InChI=1S/C21H25ClN2O4S/c1-15-6-5-7-19(16(15)2)28-13-10-23-21(25)17-8-9-18(22)20(14-17)29(26,27)24-11-3-4-12-24/h5-9,14H,3-4,10-13H2,1-2H3,(H,23,25). The number of nitrogens with zero attached hydrogens (tertiary/aromatic N) is 1. The molecule has 3 rings (SSSR count). The van der Waals surface area contributed by atoms with Crippen LogP contribution in [0.25, 0.3) is 0 Å². The molecule has 6 nitrogen and oxygen atoms in total. The number of halogens is 1. The minimum atomic E-state index is -3.70. The Balaban J connectivity index is 1.63. The molecule has 0 bridgehead atoms. The van der Waals surface area contributed by atoms with Crippen molar-refractivity contribution in [2.45, 2.75) is 31.6 Å². The van der Waals surface area contributed by atoms with E-state index in [0.717, 1.165) is 29.7 Å². The Kier molecular flexibility index (Phi) is 6.82. The molecule has 1 aliphatic heterocycles. The van der Waals surface area contributed by atoms with Crippen molar-refractivity contribution in [3.8, 4) is 5.75 Å². The molecular formula is C21H25ClN2O4S.